The summed E-state index contributed by atoms with van der Waals surface area (Å²) in [7, 11) is 0. The second-order valence-electron chi connectivity index (χ2n) is 6.12. The van der Waals surface area contributed by atoms with Gasteiger partial charge in [0.15, 0.2) is 0 Å². The van der Waals surface area contributed by atoms with Crippen molar-refractivity contribution in [1.29, 1.82) is 0 Å². The summed E-state index contributed by atoms with van der Waals surface area (Å²) in [6.45, 7) is 10.6. The van der Waals surface area contributed by atoms with Crippen molar-refractivity contribution in [2.45, 2.75) is 46.1 Å². The molecule has 2 nitrogen and oxygen atoms in total. The van der Waals surface area contributed by atoms with E-state index in [0.717, 1.165) is 12.3 Å². The molecule has 0 spiro atoms. The maximum Gasteiger partial charge on any atom is 0.0374 e. The molecule has 1 saturated heterocycles. The molecule has 1 aliphatic heterocycles. The molecule has 0 unspecified atom stereocenters. The Morgan fingerprint density at radius 3 is 2.53 bits per heavy atom. The van der Waals surface area contributed by atoms with E-state index in [0.29, 0.717) is 6.04 Å². The fraction of sp³-hybridized carbons (Fsp3) is 0.647. The zero-order chi connectivity index (χ0) is 13.7. The highest BCUT2D eigenvalue weighted by atomic mass is 15.1. The maximum absolute atomic E-state index is 3.75. The van der Waals surface area contributed by atoms with Crippen LogP contribution in [0.25, 0.3) is 0 Å². The summed E-state index contributed by atoms with van der Waals surface area (Å²) < 4.78 is 0. The molecule has 0 aliphatic carbocycles. The molecular formula is C17H28N2. The number of hydrogen-bond acceptors (Lipinski definition) is 2. The zero-order valence-corrected chi connectivity index (χ0v) is 12.7. The number of piperidine rings is 1. The van der Waals surface area contributed by atoms with Crippen LogP contribution in [-0.2, 0) is 6.42 Å². The van der Waals surface area contributed by atoms with Crippen molar-refractivity contribution in [3.05, 3.63) is 29.8 Å². The van der Waals surface area contributed by atoms with Gasteiger partial charge in [0.25, 0.3) is 0 Å². The first-order chi connectivity index (χ1) is 9.19. The van der Waals surface area contributed by atoms with Crippen molar-refractivity contribution in [3.63, 3.8) is 0 Å². The van der Waals surface area contributed by atoms with Crippen molar-refractivity contribution in [3.8, 4) is 0 Å². The van der Waals surface area contributed by atoms with Crippen LogP contribution in [0.1, 0.15) is 39.2 Å². The lowest BCUT2D eigenvalue weighted by Crippen LogP contribution is -2.40. The highest BCUT2D eigenvalue weighted by Crippen LogP contribution is 2.21. The third-order valence-corrected chi connectivity index (χ3v) is 3.97. The molecule has 1 aromatic rings. The van der Waals surface area contributed by atoms with E-state index in [1.54, 1.807) is 0 Å². The summed E-state index contributed by atoms with van der Waals surface area (Å²) >= 11 is 0. The lowest BCUT2D eigenvalue weighted by molar-refractivity contribution is 0.198. The second-order valence-corrected chi connectivity index (χ2v) is 6.12. The molecular weight excluding hydrogens is 232 g/mol. The second kappa shape index (κ2) is 6.95. The van der Waals surface area contributed by atoms with Crippen LogP contribution in [0.15, 0.2) is 24.3 Å². The maximum atomic E-state index is 3.75. The predicted molar refractivity (Wildman–Crippen MR) is 83.7 cm³/mol. The monoisotopic (exact) mass is 260 g/mol. The fourth-order valence-electron chi connectivity index (χ4n) is 2.97. The number of rotatable bonds is 5. The molecule has 1 aromatic carbocycles. The van der Waals surface area contributed by atoms with Gasteiger partial charge in [0, 0.05) is 31.4 Å². The normalized spacial score (nSPS) is 17.9. The van der Waals surface area contributed by atoms with Crippen LogP contribution in [0.4, 0.5) is 5.69 Å². The smallest absolute Gasteiger partial charge is 0.0374 e. The topological polar surface area (TPSA) is 15.3 Å². The molecule has 106 valence electrons. The summed E-state index contributed by atoms with van der Waals surface area (Å²) in [5, 5.41) is 3.75. The Morgan fingerprint density at radius 1 is 1.21 bits per heavy atom. The summed E-state index contributed by atoms with van der Waals surface area (Å²) in [5.41, 5.74) is 2.78. The molecule has 2 heteroatoms. The van der Waals surface area contributed by atoms with Gasteiger partial charge in [0.05, 0.1) is 0 Å². The molecule has 0 amide bonds. The molecule has 0 aromatic heterocycles. The highest BCUT2D eigenvalue weighted by molar-refractivity contribution is 5.51. The lowest BCUT2D eigenvalue weighted by Gasteiger charge is -2.34. The Morgan fingerprint density at radius 2 is 1.89 bits per heavy atom. The van der Waals surface area contributed by atoms with Crippen molar-refractivity contribution >= 4 is 5.69 Å². The molecule has 0 saturated carbocycles. The van der Waals surface area contributed by atoms with E-state index in [1.165, 1.54) is 43.7 Å². The minimum Gasteiger partial charge on any atom is -0.382 e. The van der Waals surface area contributed by atoms with E-state index in [9.17, 15) is 0 Å². The SMILES string of the molecule is CCc1ccccc1NC1CCN(CC(C)C)CC1. The Balaban J connectivity index is 1.85. The Kier molecular flexibility index (Phi) is 5.26. The Hall–Kier alpha value is -1.02. The highest BCUT2D eigenvalue weighted by Gasteiger charge is 2.19. The average Bonchev–Trinajstić information content (AvgIpc) is 2.41. The molecule has 1 fully saturated rings. The van der Waals surface area contributed by atoms with Crippen LogP contribution < -0.4 is 5.32 Å². The number of nitrogens with zero attached hydrogens (tertiary/aromatic N) is 1. The summed E-state index contributed by atoms with van der Waals surface area (Å²) in [5.74, 6) is 0.783. The van der Waals surface area contributed by atoms with E-state index in [1.807, 2.05) is 0 Å². The molecule has 19 heavy (non-hydrogen) atoms. The van der Waals surface area contributed by atoms with Gasteiger partial charge >= 0.3 is 0 Å². The van der Waals surface area contributed by atoms with Gasteiger partial charge in [-0.15, -0.1) is 0 Å². The van der Waals surface area contributed by atoms with Gasteiger partial charge < -0.3 is 10.2 Å². The van der Waals surface area contributed by atoms with E-state index >= 15 is 0 Å². The number of anilines is 1. The number of benzene rings is 1. The van der Waals surface area contributed by atoms with Crippen LogP contribution in [0.5, 0.6) is 0 Å². The Bertz CT molecular complexity index is 379. The summed E-state index contributed by atoms with van der Waals surface area (Å²) in [4.78, 5) is 2.61. The van der Waals surface area contributed by atoms with E-state index in [4.69, 9.17) is 0 Å². The van der Waals surface area contributed by atoms with Gasteiger partial charge in [-0.1, -0.05) is 39.0 Å². The molecule has 2 rings (SSSR count). The third kappa shape index (κ3) is 4.24. The quantitative estimate of drug-likeness (QED) is 0.866. The summed E-state index contributed by atoms with van der Waals surface area (Å²) in [6.07, 6.45) is 3.64. The van der Waals surface area contributed by atoms with Gasteiger partial charge in [0.1, 0.15) is 0 Å². The van der Waals surface area contributed by atoms with E-state index < -0.39 is 0 Å². The molecule has 1 N–H and O–H groups in total. The van der Waals surface area contributed by atoms with Crippen molar-refractivity contribution in [2.24, 2.45) is 5.92 Å². The van der Waals surface area contributed by atoms with Crippen molar-refractivity contribution < 1.29 is 0 Å². The number of para-hydroxylation sites is 1. The Labute approximate surface area is 118 Å². The van der Waals surface area contributed by atoms with Gasteiger partial charge in [-0.25, -0.2) is 0 Å². The predicted octanol–water partition coefficient (Wildman–Crippen LogP) is 3.78. The third-order valence-electron chi connectivity index (χ3n) is 3.97. The average molecular weight is 260 g/mol. The molecule has 0 atom stereocenters. The van der Waals surface area contributed by atoms with Gasteiger partial charge in [-0.3, -0.25) is 0 Å². The van der Waals surface area contributed by atoms with Crippen LogP contribution >= 0.6 is 0 Å². The van der Waals surface area contributed by atoms with Crippen molar-refractivity contribution in [1.82, 2.24) is 4.90 Å². The van der Waals surface area contributed by atoms with E-state index in [-0.39, 0.29) is 0 Å². The first-order valence-electron chi connectivity index (χ1n) is 7.75. The van der Waals surface area contributed by atoms with Gasteiger partial charge in [-0.05, 0) is 36.8 Å². The van der Waals surface area contributed by atoms with Crippen molar-refractivity contribution in [2.75, 3.05) is 25.0 Å². The van der Waals surface area contributed by atoms with Crippen LogP contribution in [0.2, 0.25) is 0 Å². The number of aryl methyl sites for hydroxylation is 1. The summed E-state index contributed by atoms with van der Waals surface area (Å²) in [6, 6.07) is 9.37. The standard InChI is InChI=1S/C17H28N2/c1-4-15-7-5-6-8-17(15)18-16-9-11-19(12-10-16)13-14(2)3/h5-8,14,16,18H,4,9-13H2,1-3H3. The number of likely N-dealkylation sites (tertiary alicyclic amines) is 1. The van der Waals surface area contributed by atoms with E-state index in [2.05, 4.69) is 55.3 Å². The number of nitrogens with one attached hydrogen (secondary N) is 1. The van der Waals surface area contributed by atoms with Gasteiger partial charge in [0.2, 0.25) is 0 Å². The minimum atomic E-state index is 0.649. The minimum absolute atomic E-state index is 0.649. The molecule has 1 aliphatic rings. The van der Waals surface area contributed by atoms with Crippen LogP contribution in [-0.4, -0.2) is 30.6 Å². The molecule has 1 heterocycles. The largest absolute Gasteiger partial charge is 0.382 e. The lowest BCUT2D eigenvalue weighted by atomic mass is 10.0. The number of hydrogen-bond donors (Lipinski definition) is 1. The van der Waals surface area contributed by atoms with Gasteiger partial charge in [-0.2, -0.15) is 0 Å². The first-order valence-corrected chi connectivity index (χ1v) is 7.75. The molecule has 0 bridgehead atoms. The fourth-order valence-corrected chi connectivity index (χ4v) is 2.97. The van der Waals surface area contributed by atoms with Crippen LogP contribution in [0.3, 0.4) is 0 Å². The zero-order valence-electron chi connectivity index (χ0n) is 12.7. The molecule has 0 radical (unpaired) electrons. The van der Waals surface area contributed by atoms with Crippen LogP contribution in [0, 0.1) is 5.92 Å². The first kappa shape index (κ1) is 14.4.